The smallest absolute Gasteiger partial charge is 0.245 e. The molecule has 0 spiro atoms. The lowest BCUT2D eigenvalue weighted by molar-refractivity contribution is -0.146. The maximum Gasteiger partial charge on any atom is 0.245 e. The first-order valence-corrected chi connectivity index (χ1v) is 8.15. The van der Waals surface area contributed by atoms with Crippen molar-refractivity contribution in [1.29, 1.82) is 0 Å². The van der Waals surface area contributed by atoms with Crippen LogP contribution in [0.4, 0.5) is 0 Å². The van der Waals surface area contributed by atoms with Crippen LogP contribution in [0.25, 0.3) is 0 Å². The minimum Gasteiger partial charge on any atom is -0.378 e. The second-order valence-corrected chi connectivity index (χ2v) is 6.18. The highest BCUT2D eigenvalue weighted by molar-refractivity contribution is 5.88. The van der Waals surface area contributed by atoms with Gasteiger partial charge in [0.15, 0.2) is 0 Å². The number of likely N-dealkylation sites (tertiary alicyclic amines) is 1. The lowest BCUT2D eigenvalue weighted by Gasteiger charge is -2.33. The zero-order chi connectivity index (χ0) is 14.7. The third-order valence-electron chi connectivity index (χ3n) is 4.76. The molecule has 3 heterocycles. The van der Waals surface area contributed by atoms with Crippen molar-refractivity contribution in [2.75, 3.05) is 39.4 Å². The number of hydrogen-bond acceptors (Lipinski definition) is 4. The van der Waals surface area contributed by atoms with Crippen LogP contribution in [0.5, 0.6) is 0 Å². The van der Waals surface area contributed by atoms with Crippen molar-refractivity contribution in [1.82, 2.24) is 15.1 Å². The Morgan fingerprint density at radius 2 is 1.90 bits per heavy atom. The SMILES string of the molecule is O=C(C1CCCN1C(=O)CC1CCCN1)N1CCOCC1. The number of amides is 2. The van der Waals surface area contributed by atoms with Gasteiger partial charge in [-0.3, -0.25) is 9.59 Å². The van der Waals surface area contributed by atoms with Gasteiger partial charge in [0.05, 0.1) is 13.2 Å². The molecule has 3 aliphatic rings. The highest BCUT2D eigenvalue weighted by Gasteiger charge is 2.37. The van der Waals surface area contributed by atoms with Crippen molar-refractivity contribution in [2.24, 2.45) is 0 Å². The monoisotopic (exact) mass is 295 g/mol. The molecule has 0 aliphatic carbocycles. The maximum absolute atomic E-state index is 12.6. The lowest BCUT2D eigenvalue weighted by Crippen LogP contribution is -2.51. The predicted octanol–water partition coefficient (Wildman–Crippen LogP) is -0.0217. The molecule has 0 radical (unpaired) electrons. The molecule has 3 rings (SSSR count). The maximum atomic E-state index is 12.6. The van der Waals surface area contributed by atoms with E-state index in [1.165, 1.54) is 0 Å². The van der Waals surface area contributed by atoms with Gasteiger partial charge in [-0.15, -0.1) is 0 Å². The summed E-state index contributed by atoms with van der Waals surface area (Å²) in [6.07, 6.45) is 4.49. The first-order chi connectivity index (χ1) is 10.3. The Hall–Kier alpha value is -1.14. The normalized spacial score (nSPS) is 29.9. The molecule has 118 valence electrons. The van der Waals surface area contributed by atoms with Crippen molar-refractivity contribution in [3.63, 3.8) is 0 Å². The quantitative estimate of drug-likeness (QED) is 0.795. The van der Waals surface area contributed by atoms with Gasteiger partial charge in [0.1, 0.15) is 6.04 Å². The fourth-order valence-electron chi connectivity index (χ4n) is 3.58. The van der Waals surface area contributed by atoms with Crippen LogP contribution < -0.4 is 5.32 Å². The standard InChI is InChI=1S/C15H25N3O3/c19-14(11-12-3-1-5-16-12)18-6-2-4-13(18)15(20)17-7-9-21-10-8-17/h12-13,16H,1-11H2. The van der Waals surface area contributed by atoms with Gasteiger partial charge in [0.2, 0.25) is 11.8 Å². The fraction of sp³-hybridized carbons (Fsp3) is 0.867. The van der Waals surface area contributed by atoms with Crippen molar-refractivity contribution in [3.05, 3.63) is 0 Å². The Morgan fingerprint density at radius 1 is 1.10 bits per heavy atom. The molecule has 1 N–H and O–H groups in total. The second-order valence-electron chi connectivity index (χ2n) is 6.18. The van der Waals surface area contributed by atoms with Crippen LogP contribution in [0, 0.1) is 0 Å². The van der Waals surface area contributed by atoms with Crippen LogP contribution in [-0.2, 0) is 14.3 Å². The Labute approximate surface area is 125 Å². The van der Waals surface area contributed by atoms with Gasteiger partial charge in [-0.2, -0.15) is 0 Å². The molecule has 0 aromatic carbocycles. The predicted molar refractivity (Wildman–Crippen MR) is 77.8 cm³/mol. The first kappa shape index (κ1) is 14.8. The zero-order valence-corrected chi connectivity index (χ0v) is 12.6. The molecule has 6 heteroatoms. The summed E-state index contributed by atoms with van der Waals surface area (Å²) < 4.78 is 5.29. The van der Waals surface area contributed by atoms with E-state index in [1.807, 2.05) is 9.80 Å². The number of ether oxygens (including phenoxy) is 1. The molecule has 0 bridgehead atoms. The average molecular weight is 295 g/mol. The second kappa shape index (κ2) is 6.75. The van der Waals surface area contributed by atoms with Gasteiger partial charge < -0.3 is 19.9 Å². The van der Waals surface area contributed by atoms with Gasteiger partial charge in [-0.1, -0.05) is 0 Å². The topological polar surface area (TPSA) is 61.9 Å². The molecule has 3 saturated heterocycles. The lowest BCUT2D eigenvalue weighted by atomic mass is 10.1. The van der Waals surface area contributed by atoms with Crippen LogP contribution in [0.3, 0.4) is 0 Å². The number of morpholine rings is 1. The molecule has 0 aromatic heterocycles. The van der Waals surface area contributed by atoms with Crippen LogP contribution in [0.1, 0.15) is 32.1 Å². The van der Waals surface area contributed by atoms with E-state index >= 15 is 0 Å². The van der Waals surface area contributed by atoms with E-state index in [2.05, 4.69) is 5.32 Å². The molecule has 0 aromatic rings. The average Bonchev–Trinajstić information content (AvgIpc) is 3.18. The summed E-state index contributed by atoms with van der Waals surface area (Å²) in [6.45, 7) is 4.26. The van der Waals surface area contributed by atoms with Crippen molar-refractivity contribution in [2.45, 2.75) is 44.2 Å². The Kier molecular flexibility index (Phi) is 4.75. The zero-order valence-electron chi connectivity index (χ0n) is 12.6. The molecule has 0 saturated carbocycles. The van der Waals surface area contributed by atoms with Crippen LogP contribution in [0.2, 0.25) is 0 Å². The van der Waals surface area contributed by atoms with E-state index in [0.717, 1.165) is 38.8 Å². The Balaban J connectivity index is 1.58. The van der Waals surface area contributed by atoms with Gasteiger partial charge in [0, 0.05) is 32.1 Å². The Morgan fingerprint density at radius 3 is 2.62 bits per heavy atom. The molecule has 2 amide bonds. The minimum atomic E-state index is -0.239. The van der Waals surface area contributed by atoms with E-state index in [9.17, 15) is 9.59 Å². The molecule has 6 nitrogen and oxygen atoms in total. The molecular formula is C15H25N3O3. The van der Waals surface area contributed by atoms with E-state index < -0.39 is 0 Å². The van der Waals surface area contributed by atoms with Crippen molar-refractivity contribution in [3.8, 4) is 0 Å². The number of carbonyl (C=O) groups excluding carboxylic acids is 2. The van der Waals surface area contributed by atoms with Crippen LogP contribution in [0.15, 0.2) is 0 Å². The highest BCUT2D eigenvalue weighted by atomic mass is 16.5. The van der Waals surface area contributed by atoms with Crippen LogP contribution >= 0.6 is 0 Å². The number of carbonyl (C=O) groups is 2. The number of hydrogen-bond donors (Lipinski definition) is 1. The van der Waals surface area contributed by atoms with E-state index in [1.54, 1.807) is 0 Å². The van der Waals surface area contributed by atoms with Crippen molar-refractivity contribution >= 4 is 11.8 Å². The van der Waals surface area contributed by atoms with Gasteiger partial charge >= 0.3 is 0 Å². The number of rotatable bonds is 3. The minimum absolute atomic E-state index is 0.114. The van der Waals surface area contributed by atoms with Crippen molar-refractivity contribution < 1.29 is 14.3 Å². The molecule has 3 fully saturated rings. The summed E-state index contributed by atoms with van der Waals surface area (Å²) in [7, 11) is 0. The molecule has 3 aliphatic heterocycles. The molecule has 2 atom stereocenters. The van der Waals surface area contributed by atoms with E-state index in [4.69, 9.17) is 4.74 Å². The third kappa shape index (κ3) is 3.37. The summed E-state index contributed by atoms with van der Waals surface area (Å²) in [5, 5.41) is 3.36. The largest absolute Gasteiger partial charge is 0.378 e. The molecule has 21 heavy (non-hydrogen) atoms. The fourth-order valence-corrected chi connectivity index (χ4v) is 3.58. The van der Waals surface area contributed by atoms with E-state index in [0.29, 0.717) is 38.8 Å². The highest BCUT2D eigenvalue weighted by Crippen LogP contribution is 2.22. The molecule has 2 unspecified atom stereocenters. The van der Waals surface area contributed by atoms with Gasteiger partial charge in [-0.05, 0) is 32.2 Å². The third-order valence-corrected chi connectivity index (χ3v) is 4.76. The number of nitrogens with zero attached hydrogens (tertiary/aromatic N) is 2. The summed E-state index contributed by atoms with van der Waals surface area (Å²) in [5.74, 6) is 0.252. The summed E-state index contributed by atoms with van der Waals surface area (Å²) in [6, 6.07) is 0.0641. The first-order valence-electron chi connectivity index (χ1n) is 8.15. The van der Waals surface area contributed by atoms with Gasteiger partial charge in [-0.25, -0.2) is 0 Å². The van der Waals surface area contributed by atoms with Crippen LogP contribution in [-0.4, -0.2) is 73.1 Å². The summed E-state index contributed by atoms with van der Waals surface area (Å²) in [5.41, 5.74) is 0. The van der Waals surface area contributed by atoms with E-state index in [-0.39, 0.29) is 17.9 Å². The molecular weight excluding hydrogens is 270 g/mol. The summed E-state index contributed by atoms with van der Waals surface area (Å²) >= 11 is 0. The van der Waals surface area contributed by atoms with Gasteiger partial charge in [0.25, 0.3) is 0 Å². The summed E-state index contributed by atoms with van der Waals surface area (Å²) in [4.78, 5) is 28.8. The number of nitrogens with one attached hydrogen (secondary N) is 1. The Bertz CT molecular complexity index is 390.